The van der Waals surface area contributed by atoms with E-state index < -0.39 is 0 Å². The minimum atomic E-state index is -0.209. The number of carbonyl (C=O) groups is 1. The summed E-state index contributed by atoms with van der Waals surface area (Å²) < 4.78 is 5.03. The average Bonchev–Trinajstić information content (AvgIpc) is 2.45. The Kier molecular flexibility index (Phi) is 5.99. The second kappa shape index (κ2) is 7.45. The molecule has 1 unspecified atom stereocenters. The molecule has 0 aliphatic heterocycles. The Morgan fingerprint density at radius 2 is 2.00 bits per heavy atom. The molecule has 0 bridgehead atoms. The summed E-state index contributed by atoms with van der Waals surface area (Å²) in [5.41, 5.74) is 3.67. The monoisotopic (exact) mass is 332 g/mol. The van der Waals surface area contributed by atoms with Crippen LogP contribution in [-0.4, -0.2) is 12.6 Å². The lowest BCUT2D eigenvalue weighted by Gasteiger charge is -2.58. The fourth-order valence-electron chi connectivity index (χ4n) is 5.58. The van der Waals surface area contributed by atoms with Crippen LogP contribution in [0, 0.1) is 22.7 Å². The molecule has 2 heteroatoms. The first-order valence-electron chi connectivity index (χ1n) is 9.63. The minimum absolute atomic E-state index is 0.209. The second-order valence-electron chi connectivity index (χ2n) is 9.04. The highest BCUT2D eigenvalue weighted by Crippen LogP contribution is 2.61. The van der Waals surface area contributed by atoms with Crippen molar-refractivity contribution < 1.29 is 9.53 Å². The normalized spacial score (nSPS) is 33.0. The summed E-state index contributed by atoms with van der Waals surface area (Å²) in [6, 6.07) is 0. The Bertz CT molecular complexity index is 514. The number of esters is 1. The Hall–Kier alpha value is -1.05. The first-order chi connectivity index (χ1) is 11.2. The standard InChI is InChI=1S/C22H36O2/c1-16(12-15-24-18(3)23)8-10-19-17(2)9-11-20-21(4,5)13-7-14-22(19,20)6/h12,19-20H,2,7-11,13-15H2,1,3-6H3/b16-12+/t19-,20?,22+/m0/s1. The summed E-state index contributed by atoms with van der Waals surface area (Å²) in [5, 5.41) is 0. The van der Waals surface area contributed by atoms with Gasteiger partial charge in [-0.25, -0.2) is 0 Å². The molecule has 0 aromatic heterocycles. The Morgan fingerprint density at radius 1 is 1.29 bits per heavy atom. The molecule has 2 aliphatic carbocycles. The largest absolute Gasteiger partial charge is 0.462 e. The number of hydrogen-bond donors (Lipinski definition) is 0. The van der Waals surface area contributed by atoms with Crippen molar-refractivity contribution in [2.75, 3.05) is 6.61 Å². The summed E-state index contributed by atoms with van der Waals surface area (Å²) in [4.78, 5) is 10.9. The van der Waals surface area contributed by atoms with E-state index in [4.69, 9.17) is 4.74 Å². The molecule has 0 heterocycles. The number of fused-ring (bicyclic) bond motifs is 1. The van der Waals surface area contributed by atoms with Crippen LogP contribution in [0.1, 0.15) is 79.6 Å². The second-order valence-corrected chi connectivity index (χ2v) is 9.04. The molecule has 0 spiro atoms. The SMILES string of the molecule is C=C1CCC2C(C)(C)CCC[C@]2(C)[C@H]1CC/C(C)=C/COC(C)=O. The van der Waals surface area contributed by atoms with Crippen LogP contribution in [0.25, 0.3) is 0 Å². The van der Waals surface area contributed by atoms with Crippen molar-refractivity contribution in [2.24, 2.45) is 22.7 Å². The molecule has 0 N–H and O–H groups in total. The molecule has 3 atom stereocenters. The van der Waals surface area contributed by atoms with Crippen molar-refractivity contribution in [3.8, 4) is 0 Å². The number of hydrogen-bond acceptors (Lipinski definition) is 2. The van der Waals surface area contributed by atoms with Crippen molar-refractivity contribution in [3.05, 3.63) is 23.8 Å². The predicted octanol–water partition coefficient (Wildman–Crippen LogP) is 6.07. The fourth-order valence-corrected chi connectivity index (χ4v) is 5.58. The molecule has 0 aromatic rings. The van der Waals surface area contributed by atoms with Crippen molar-refractivity contribution in [3.63, 3.8) is 0 Å². The van der Waals surface area contributed by atoms with Gasteiger partial charge in [0.2, 0.25) is 0 Å². The maximum Gasteiger partial charge on any atom is 0.302 e. The van der Waals surface area contributed by atoms with Crippen LogP contribution >= 0.6 is 0 Å². The molecule has 2 rings (SSSR count). The summed E-state index contributed by atoms with van der Waals surface area (Å²) in [6.07, 6.45) is 10.9. The summed E-state index contributed by atoms with van der Waals surface area (Å²) >= 11 is 0. The number of rotatable bonds is 5. The van der Waals surface area contributed by atoms with Gasteiger partial charge in [-0.05, 0) is 74.2 Å². The minimum Gasteiger partial charge on any atom is -0.462 e. The van der Waals surface area contributed by atoms with Crippen LogP contribution in [0.4, 0.5) is 0 Å². The van der Waals surface area contributed by atoms with E-state index in [9.17, 15) is 4.79 Å². The molecular formula is C22H36O2. The maximum absolute atomic E-state index is 10.9. The van der Waals surface area contributed by atoms with Gasteiger partial charge in [0.1, 0.15) is 6.61 Å². The van der Waals surface area contributed by atoms with Crippen molar-refractivity contribution in [2.45, 2.75) is 79.6 Å². The lowest BCUT2D eigenvalue weighted by molar-refractivity contribution is -0.139. The van der Waals surface area contributed by atoms with Crippen LogP contribution in [0.2, 0.25) is 0 Å². The fraction of sp³-hybridized carbons (Fsp3) is 0.773. The first-order valence-corrected chi connectivity index (χ1v) is 9.63. The van der Waals surface area contributed by atoms with E-state index >= 15 is 0 Å². The van der Waals surface area contributed by atoms with E-state index in [0.29, 0.717) is 23.4 Å². The molecule has 24 heavy (non-hydrogen) atoms. The zero-order valence-electron chi connectivity index (χ0n) is 16.4. The van der Waals surface area contributed by atoms with Gasteiger partial charge in [-0.3, -0.25) is 4.79 Å². The van der Waals surface area contributed by atoms with Crippen LogP contribution in [0.3, 0.4) is 0 Å². The third-order valence-electron chi connectivity index (χ3n) is 6.86. The Balaban J connectivity index is 2.04. The first kappa shape index (κ1) is 19.3. The zero-order valence-corrected chi connectivity index (χ0v) is 16.4. The Morgan fingerprint density at radius 3 is 2.67 bits per heavy atom. The predicted molar refractivity (Wildman–Crippen MR) is 101 cm³/mol. The van der Waals surface area contributed by atoms with Gasteiger partial charge in [0.15, 0.2) is 0 Å². The van der Waals surface area contributed by atoms with Crippen molar-refractivity contribution in [1.29, 1.82) is 0 Å². The molecule has 0 aromatic carbocycles. The van der Waals surface area contributed by atoms with E-state index in [2.05, 4.69) is 40.3 Å². The number of allylic oxidation sites excluding steroid dienone is 2. The highest BCUT2D eigenvalue weighted by atomic mass is 16.5. The summed E-state index contributed by atoms with van der Waals surface area (Å²) in [7, 11) is 0. The molecule has 136 valence electrons. The molecule has 2 aliphatic rings. The van der Waals surface area contributed by atoms with Crippen LogP contribution in [0.15, 0.2) is 23.8 Å². The smallest absolute Gasteiger partial charge is 0.302 e. The highest BCUT2D eigenvalue weighted by molar-refractivity contribution is 5.66. The molecular weight excluding hydrogens is 296 g/mol. The van der Waals surface area contributed by atoms with Crippen LogP contribution < -0.4 is 0 Å². The van der Waals surface area contributed by atoms with Gasteiger partial charge in [-0.2, -0.15) is 0 Å². The van der Waals surface area contributed by atoms with E-state index in [1.54, 1.807) is 0 Å². The van der Waals surface area contributed by atoms with E-state index in [-0.39, 0.29) is 5.97 Å². The topological polar surface area (TPSA) is 26.3 Å². The van der Waals surface area contributed by atoms with E-state index in [1.807, 2.05) is 0 Å². The van der Waals surface area contributed by atoms with Gasteiger partial charge in [0, 0.05) is 6.92 Å². The quantitative estimate of drug-likeness (QED) is 0.451. The highest BCUT2D eigenvalue weighted by Gasteiger charge is 2.52. The molecule has 2 fully saturated rings. The zero-order chi connectivity index (χ0) is 18.0. The lowest BCUT2D eigenvalue weighted by atomic mass is 9.47. The van der Waals surface area contributed by atoms with Gasteiger partial charge in [-0.15, -0.1) is 0 Å². The number of ether oxygens (including phenoxy) is 1. The Labute approximate surface area is 148 Å². The molecule has 0 radical (unpaired) electrons. The molecule has 2 nitrogen and oxygen atoms in total. The van der Waals surface area contributed by atoms with Crippen LogP contribution in [-0.2, 0) is 9.53 Å². The average molecular weight is 333 g/mol. The van der Waals surface area contributed by atoms with Gasteiger partial charge in [0.25, 0.3) is 0 Å². The summed E-state index contributed by atoms with van der Waals surface area (Å²) in [5.74, 6) is 1.24. The van der Waals surface area contributed by atoms with Gasteiger partial charge < -0.3 is 4.74 Å². The van der Waals surface area contributed by atoms with Crippen molar-refractivity contribution in [1.82, 2.24) is 0 Å². The van der Waals surface area contributed by atoms with Gasteiger partial charge in [0.05, 0.1) is 0 Å². The maximum atomic E-state index is 10.9. The van der Waals surface area contributed by atoms with E-state index in [1.165, 1.54) is 56.6 Å². The number of carbonyl (C=O) groups excluding carboxylic acids is 1. The van der Waals surface area contributed by atoms with Crippen molar-refractivity contribution >= 4 is 5.97 Å². The van der Waals surface area contributed by atoms with Gasteiger partial charge in [-0.1, -0.05) is 44.9 Å². The van der Waals surface area contributed by atoms with Gasteiger partial charge >= 0.3 is 5.97 Å². The molecule has 0 saturated heterocycles. The van der Waals surface area contributed by atoms with E-state index in [0.717, 1.165) is 12.3 Å². The van der Waals surface area contributed by atoms with Crippen LogP contribution in [0.5, 0.6) is 0 Å². The molecule has 2 saturated carbocycles. The summed E-state index contributed by atoms with van der Waals surface area (Å²) in [6.45, 7) is 16.0. The third kappa shape index (κ3) is 4.13. The molecule has 0 amide bonds. The third-order valence-corrected chi connectivity index (χ3v) is 6.86. The lowest BCUT2D eigenvalue weighted by Crippen LogP contribution is -2.49.